The lowest BCUT2D eigenvalue weighted by molar-refractivity contribution is 1.08. The summed E-state index contributed by atoms with van der Waals surface area (Å²) in [5, 5.41) is 12.0. The fourth-order valence-electron chi connectivity index (χ4n) is 10.5. The quantitative estimate of drug-likeness (QED) is 0.167. The maximum atomic E-state index is 5.19. The minimum atomic E-state index is 0.632. The topological polar surface area (TPSA) is 48.5 Å². The molecule has 5 nitrogen and oxygen atoms in total. The molecule has 0 unspecified atom stereocenters. The number of hydrogen-bond acceptors (Lipinski definition) is 3. The zero-order valence-corrected chi connectivity index (χ0v) is 36.8. The molecule has 68 heavy (non-hydrogen) atoms. The number of nitrogens with zero attached hydrogens (tertiary/aromatic N) is 5. The van der Waals surface area contributed by atoms with E-state index in [-0.39, 0.29) is 0 Å². The van der Waals surface area contributed by atoms with E-state index in [1.807, 2.05) is 24.3 Å². The van der Waals surface area contributed by atoms with Gasteiger partial charge in [-0.2, -0.15) is 0 Å². The van der Waals surface area contributed by atoms with Gasteiger partial charge in [-0.3, -0.25) is 0 Å². The molecule has 0 fully saturated rings. The summed E-state index contributed by atoms with van der Waals surface area (Å²) in [7, 11) is 0. The van der Waals surface area contributed by atoms with Crippen molar-refractivity contribution in [2.45, 2.75) is 0 Å². The standard InChI is InChI=1S/C63H39N5/c1-3-14-40(15-4-1)42-26-28-45(29-27-42)62-64-61(44-18-5-2-6-19-44)65-63(66-62)53-24-13-21-47-37-49(33-34-50(47)53)67-56-25-12-11-23-52(56)54-38-55-59(39-58(54)67)68(48-32-30-41-16-7-8-20-46(41)36-48)57-35-31-43-17-9-10-22-51(43)60(55)57/h1-39H. The third-order valence-electron chi connectivity index (χ3n) is 13.7. The van der Waals surface area contributed by atoms with Gasteiger partial charge in [0.05, 0.1) is 22.1 Å². The van der Waals surface area contributed by atoms with Crippen molar-refractivity contribution in [3.8, 4) is 56.7 Å². The molecule has 0 saturated heterocycles. The van der Waals surface area contributed by atoms with Gasteiger partial charge in [-0.15, -0.1) is 0 Å². The summed E-state index contributed by atoms with van der Waals surface area (Å²) in [6, 6.07) is 84.7. The first-order valence-corrected chi connectivity index (χ1v) is 23.1. The predicted molar refractivity (Wildman–Crippen MR) is 283 cm³/mol. The van der Waals surface area contributed by atoms with E-state index in [1.165, 1.54) is 59.7 Å². The highest BCUT2D eigenvalue weighted by molar-refractivity contribution is 6.25. The molecule has 0 saturated carbocycles. The normalized spacial score (nSPS) is 11.8. The monoisotopic (exact) mass is 865 g/mol. The SMILES string of the molecule is c1ccc(-c2ccc(-c3nc(-c4ccccc4)nc(-c4cccc5cc(-n6c7ccccc7c7cc8c9c%10ccccc%10ccc9n(-c9ccc%10ccccc%10c9)c8cc76)ccc45)n3)cc2)cc1. The molecule has 0 aliphatic carbocycles. The number of benzene rings is 11. The van der Waals surface area contributed by atoms with Crippen LogP contribution in [0.3, 0.4) is 0 Å². The minimum absolute atomic E-state index is 0.632. The van der Waals surface area contributed by atoms with Gasteiger partial charge in [-0.1, -0.05) is 188 Å². The van der Waals surface area contributed by atoms with Crippen molar-refractivity contribution < 1.29 is 0 Å². The van der Waals surface area contributed by atoms with Crippen LogP contribution in [0.4, 0.5) is 0 Å². The van der Waals surface area contributed by atoms with Crippen LogP contribution in [-0.4, -0.2) is 24.1 Å². The summed E-state index contributed by atoms with van der Waals surface area (Å²) in [6.07, 6.45) is 0. The lowest BCUT2D eigenvalue weighted by Gasteiger charge is -2.13. The predicted octanol–water partition coefficient (Wildman–Crippen LogP) is 16.2. The van der Waals surface area contributed by atoms with E-state index in [2.05, 4.69) is 221 Å². The highest BCUT2D eigenvalue weighted by Crippen LogP contribution is 2.43. The highest BCUT2D eigenvalue weighted by Gasteiger charge is 2.21. The molecule has 0 N–H and O–H groups in total. The molecule has 0 radical (unpaired) electrons. The molecule has 14 rings (SSSR count). The molecule has 0 aliphatic heterocycles. The van der Waals surface area contributed by atoms with Gasteiger partial charge in [-0.25, -0.2) is 15.0 Å². The average Bonchev–Trinajstić information content (AvgIpc) is 3.92. The summed E-state index contributed by atoms with van der Waals surface area (Å²) in [6.45, 7) is 0. The minimum Gasteiger partial charge on any atom is -0.309 e. The zero-order chi connectivity index (χ0) is 44.7. The van der Waals surface area contributed by atoms with Crippen LogP contribution < -0.4 is 0 Å². The fraction of sp³-hybridized carbons (Fsp3) is 0. The number of fused-ring (bicyclic) bond motifs is 10. The molecule has 5 heteroatoms. The Morgan fingerprint density at radius 3 is 1.59 bits per heavy atom. The highest BCUT2D eigenvalue weighted by atomic mass is 15.0. The maximum Gasteiger partial charge on any atom is 0.164 e. The molecule has 11 aromatic carbocycles. The molecule has 3 heterocycles. The average molecular weight is 866 g/mol. The van der Waals surface area contributed by atoms with Crippen LogP contribution in [-0.2, 0) is 0 Å². The lowest BCUT2D eigenvalue weighted by Crippen LogP contribution is -2.01. The Morgan fingerprint density at radius 2 is 0.794 bits per heavy atom. The van der Waals surface area contributed by atoms with E-state index in [0.29, 0.717) is 17.5 Å². The Hall–Kier alpha value is -9.19. The second-order valence-corrected chi connectivity index (χ2v) is 17.6. The molecule has 0 spiro atoms. The Balaban J connectivity index is 0.961. The van der Waals surface area contributed by atoms with Crippen molar-refractivity contribution in [2.75, 3.05) is 0 Å². The Bertz CT molecular complexity index is 4300. The van der Waals surface area contributed by atoms with Gasteiger partial charge in [0, 0.05) is 49.6 Å². The molecular weight excluding hydrogens is 827 g/mol. The van der Waals surface area contributed by atoms with Gasteiger partial charge in [0.1, 0.15) is 0 Å². The molecule has 0 aliphatic rings. The van der Waals surface area contributed by atoms with E-state index in [9.17, 15) is 0 Å². The molecule has 0 atom stereocenters. The number of aromatic nitrogens is 5. The van der Waals surface area contributed by atoms with E-state index in [0.717, 1.165) is 55.4 Å². The molecular formula is C63H39N5. The van der Waals surface area contributed by atoms with Gasteiger partial charge in [0.25, 0.3) is 0 Å². The summed E-state index contributed by atoms with van der Waals surface area (Å²) in [5.41, 5.74) is 12.0. The first-order valence-electron chi connectivity index (χ1n) is 23.1. The van der Waals surface area contributed by atoms with E-state index in [1.54, 1.807) is 0 Å². The second-order valence-electron chi connectivity index (χ2n) is 17.6. The van der Waals surface area contributed by atoms with Crippen LogP contribution >= 0.6 is 0 Å². The number of para-hydroxylation sites is 1. The Morgan fingerprint density at radius 1 is 0.250 bits per heavy atom. The Kier molecular flexibility index (Phi) is 8.52. The smallest absolute Gasteiger partial charge is 0.164 e. The molecule has 316 valence electrons. The third kappa shape index (κ3) is 6.06. The third-order valence-corrected chi connectivity index (χ3v) is 13.7. The van der Waals surface area contributed by atoms with Crippen molar-refractivity contribution in [2.24, 2.45) is 0 Å². The van der Waals surface area contributed by atoms with Crippen LogP contribution in [0.5, 0.6) is 0 Å². The van der Waals surface area contributed by atoms with Gasteiger partial charge in [-0.05, 0) is 92.0 Å². The zero-order valence-electron chi connectivity index (χ0n) is 36.8. The Labute approximate surface area is 391 Å². The second kappa shape index (κ2) is 15.2. The molecule has 14 aromatic rings. The van der Waals surface area contributed by atoms with Crippen LogP contribution in [0.15, 0.2) is 237 Å². The van der Waals surface area contributed by atoms with Crippen molar-refractivity contribution in [3.05, 3.63) is 237 Å². The molecule has 3 aromatic heterocycles. The van der Waals surface area contributed by atoms with E-state index in [4.69, 9.17) is 15.0 Å². The van der Waals surface area contributed by atoms with Gasteiger partial charge >= 0.3 is 0 Å². The van der Waals surface area contributed by atoms with E-state index >= 15 is 0 Å². The largest absolute Gasteiger partial charge is 0.309 e. The molecule has 0 amide bonds. The van der Waals surface area contributed by atoms with Crippen molar-refractivity contribution in [1.29, 1.82) is 0 Å². The van der Waals surface area contributed by atoms with Crippen molar-refractivity contribution >= 4 is 75.9 Å². The van der Waals surface area contributed by atoms with Crippen LogP contribution in [0, 0.1) is 0 Å². The lowest BCUT2D eigenvalue weighted by atomic mass is 10.0. The van der Waals surface area contributed by atoms with Gasteiger partial charge in [0.15, 0.2) is 17.5 Å². The molecule has 0 bridgehead atoms. The van der Waals surface area contributed by atoms with Crippen molar-refractivity contribution in [3.63, 3.8) is 0 Å². The van der Waals surface area contributed by atoms with Gasteiger partial charge < -0.3 is 9.13 Å². The summed E-state index contributed by atoms with van der Waals surface area (Å²) >= 11 is 0. The fourth-order valence-corrected chi connectivity index (χ4v) is 10.5. The first kappa shape index (κ1) is 38.1. The van der Waals surface area contributed by atoms with Crippen LogP contribution in [0.2, 0.25) is 0 Å². The number of rotatable bonds is 6. The van der Waals surface area contributed by atoms with Crippen LogP contribution in [0.1, 0.15) is 0 Å². The maximum absolute atomic E-state index is 5.19. The summed E-state index contributed by atoms with van der Waals surface area (Å²) in [4.78, 5) is 15.4. The summed E-state index contributed by atoms with van der Waals surface area (Å²) in [5.74, 6) is 1.90. The number of hydrogen-bond donors (Lipinski definition) is 0. The van der Waals surface area contributed by atoms with Crippen molar-refractivity contribution in [1.82, 2.24) is 24.1 Å². The first-order chi connectivity index (χ1) is 33.7. The van der Waals surface area contributed by atoms with Gasteiger partial charge in [0.2, 0.25) is 0 Å². The summed E-state index contributed by atoms with van der Waals surface area (Å²) < 4.78 is 4.90. The van der Waals surface area contributed by atoms with Crippen LogP contribution in [0.25, 0.3) is 133 Å². The van der Waals surface area contributed by atoms with E-state index < -0.39 is 0 Å².